The van der Waals surface area contributed by atoms with Crippen molar-refractivity contribution in [3.63, 3.8) is 0 Å². The fraction of sp³-hybridized carbons (Fsp3) is 0. The van der Waals surface area contributed by atoms with E-state index in [-0.39, 0.29) is 32.5 Å². The molecule has 0 aliphatic rings. The first kappa shape index (κ1) is 14.6. The zero-order valence-corrected chi connectivity index (χ0v) is 11.4. The normalized spacial score (nSPS) is 10.3. The van der Waals surface area contributed by atoms with Gasteiger partial charge in [-0.2, -0.15) is 0 Å². The maximum absolute atomic E-state index is 11.0. The molecule has 0 saturated carbocycles. The second kappa shape index (κ2) is 5.67. The molecule has 0 aliphatic carbocycles. The van der Waals surface area contributed by atoms with Gasteiger partial charge < -0.3 is 11.5 Å². The summed E-state index contributed by atoms with van der Waals surface area (Å²) in [7, 11) is 0. The zero-order chi connectivity index (χ0) is 15.6. The Morgan fingerprint density at radius 1 is 0.810 bits per heavy atom. The Labute approximate surface area is 123 Å². The van der Waals surface area contributed by atoms with E-state index in [1.807, 2.05) is 0 Å². The predicted octanol–water partition coefficient (Wildman–Crippen LogP) is 2.82. The van der Waals surface area contributed by atoms with Crippen molar-refractivity contribution in [1.82, 2.24) is 0 Å². The van der Waals surface area contributed by atoms with Gasteiger partial charge in [-0.1, -0.05) is 11.8 Å². The number of nitrogens with zero attached hydrogens (tertiary/aromatic N) is 2. The Balaban J connectivity index is 2.48. The van der Waals surface area contributed by atoms with Gasteiger partial charge in [-0.3, -0.25) is 20.2 Å². The molecule has 2 aromatic carbocycles. The molecule has 2 rings (SSSR count). The lowest BCUT2D eigenvalue weighted by Crippen LogP contribution is -1.96. The summed E-state index contributed by atoms with van der Waals surface area (Å²) in [5.74, 6) is 0. The summed E-state index contributed by atoms with van der Waals surface area (Å²) < 4.78 is 0. The summed E-state index contributed by atoms with van der Waals surface area (Å²) in [6, 6.07) is 8.34. The number of nitro groups is 2. The number of benzene rings is 2. The Morgan fingerprint density at radius 3 is 1.52 bits per heavy atom. The summed E-state index contributed by atoms with van der Waals surface area (Å²) in [6.45, 7) is 0. The maximum Gasteiger partial charge on any atom is 0.285 e. The molecule has 0 aromatic heterocycles. The number of rotatable bonds is 4. The molecule has 4 N–H and O–H groups in total. The van der Waals surface area contributed by atoms with Gasteiger partial charge in [0.05, 0.1) is 19.6 Å². The summed E-state index contributed by atoms with van der Waals surface area (Å²) in [5.41, 5.74) is 11.1. The van der Waals surface area contributed by atoms with Gasteiger partial charge in [0.2, 0.25) is 0 Å². The van der Waals surface area contributed by atoms with Crippen molar-refractivity contribution in [2.75, 3.05) is 11.5 Å². The Bertz CT molecular complexity index is 674. The highest BCUT2D eigenvalue weighted by Crippen LogP contribution is 2.40. The van der Waals surface area contributed by atoms with Gasteiger partial charge in [-0.05, 0) is 24.3 Å². The monoisotopic (exact) mass is 306 g/mol. The second-order valence-corrected chi connectivity index (χ2v) is 5.15. The van der Waals surface area contributed by atoms with E-state index < -0.39 is 9.85 Å². The molecule has 0 atom stereocenters. The van der Waals surface area contributed by atoms with Crippen LogP contribution in [0.3, 0.4) is 0 Å². The van der Waals surface area contributed by atoms with Crippen LogP contribution in [0, 0.1) is 20.2 Å². The molecule has 0 heterocycles. The van der Waals surface area contributed by atoms with E-state index in [9.17, 15) is 20.2 Å². The molecule has 0 amide bonds. The molecule has 8 nitrogen and oxygen atoms in total. The highest BCUT2D eigenvalue weighted by Gasteiger charge is 2.20. The SMILES string of the molecule is Nc1ccc(Sc2ccc(N)cc2[N+](=O)[O-])c([N+](=O)[O-])c1. The lowest BCUT2D eigenvalue weighted by atomic mass is 10.3. The van der Waals surface area contributed by atoms with E-state index in [1.54, 1.807) is 0 Å². The van der Waals surface area contributed by atoms with Crippen LogP contribution in [0.1, 0.15) is 0 Å². The number of nitrogen functional groups attached to an aromatic ring is 2. The molecule has 0 aliphatic heterocycles. The quantitative estimate of drug-likeness (QED) is 0.503. The zero-order valence-electron chi connectivity index (χ0n) is 10.6. The van der Waals surface area contributed by atoms with Gasteiger partial charge in [0.1, 0.15) is 0 Å². The minimum absolute atomic E-state index is 0.203. The first-order valence-electron chi connectivity index (χ1n) is 5.64. The van der Waals surface area contributed by atoms with E-state index in [2.05, 4.69) is 0 Å². The highest BCUT2D eigenvalue weighted by atomic mass is 32.2. The summed E-state index contributed by atoms with van der Waals surface area (Å²) in [4.78, 5) is 21.4. The van der Waals surface area contributed by atoms with Gasteiger partial charge >= 0.3 is 0 Å². The van der Waals surface area contributed by atoms with Crippen LogP contribution in [0.2, 0.25) is 0 Å². The van der Waals surface area contributed by atoms with Crippen LogP contribution in [-0.2, 0) is 0 Å². The highest BCUT2D eigenvalue weighted by molar-refractivity contribution is 7.99. The van der Waals surface area contributed by atoms with Crippen molar-refractivity contribution in [3.05, 3.63) is 56.6 Å². The largest absolute Gasteiger partial charge is 0.399 e. The third kappa shape index (κ3) is 3.20. The molecule has 0 unspecified atom stereocenters. The van der Waals surface area contributed by atoms with Gasteiger partial charge in [0.15, 0.2) is 0 Å². The number of hydrogen-bond donors (Lipinski definition) is 2. The van der Waals surface area contributed by atoms with Crippen LogP contribution in [0.5, 0.6) is 0 Å². The fourth-order valence-corrected chi connectivity index (χ4v) is 2.63. The van der Waals surface area contributed by atoms with E-state index >= 15 is 0 Å². The molecule has 0 bridgehead atoms. The van der Waals surface area contributed by atoms with E-state index in [1.165, 1.54) is 36.4 Å². The smallest absolute Gasteiger partial charge is 0.285 e. The molecule has 0 spiro atoms. The number of nitrogens with two attached hydrogens (primary N) is 2. The maximum atomic E-state index is 11.0. The Morgan fingerprint density at radius 2 is 1.19 bits per heavy atom. The molecule has 108 valence electrons. The molecule has 0 fully saturated rings. The van der Waals surface area contributed by atoms with Crippen molar-refractivity contribution in [2.24, 2.45) is 0 Å². The molecule has 9 heteroatoms. The molecule has 0 saturated heterocycles. The molecule has 0 radical (unpaired) electrons. The average Bonchev–Trinajstić information content (AvgIpc) is 2.42. The first-order chi connectivity index (χ1) is 9.88. The van der Waals surface area contributed by atoms with Gasteiger partial charge in [-0.15, -0.1) is 0 Å². The van der Waals surface area contributed by atoms with Crippen LogP contribution < -0.4 is 11.5 Å². The number of nitro benzene ring substituents is 2. The van der Waals surface area contributed by atoms with Crippen molar-refractivity contribution in [3.8, 4) is 0 Å². The van der Waals surface area contributed by atoms with Crippen molar-refractivity contribution in [1.29, 1.82) is 0 Å². The summed E-state index contributed by atoms with van der Waals surface area (Å²) in [6.07, 6.45) is 0. The minimum atomic E-state index is -0.582. The average molecular weight is 306 g/mol. The summed E-state index contributed by atoms with van der Waals surface area (Å²) >= 11 is 0.920. The van der Waals surface area contributed by atoms with Gasteiger partial charge in [0, 0.05) is 23.5 Å². The molecule has 2 aromatic rings. The van der Waals surface area contributed by atoms with E-state index in [4.69, 9.17) is 11.5 Å². The third-order valence-electron chi connectivity index (χ3n) is 2.58. The summed E-state index contributed by atoms with van der Waals surface area (Å²) in [5, 5.41) is 22.0. The van der Waals surface area contributed by atoms with E-state index in [0.717, 1.165) is 11.8 Å². The Kier molecular flexibility index (Phi) is 3.94. The lowest BCUT2D eigenvalue weighted by molar-refractivity contribution is -0.388. The number of hydrogen-bond acceptors (Lipinski definition) is 7. The van der Waals surface area contributed by atoms with Crippen LogP contribution >= 0.6 is 11.8 Å². The fourth-order valence-electron chi connectivity index (χ4n) is 1.65. The van der Waals surface area contributed by atoms with Crippen molar-refractivity contribution < 1.29 is 9.85 Å². The lowest BCUT2D eigenvalue weighted by Gasteiger charge is -2.05. The van der Waals surface area contributed by atoms with Crippen LogP contribution in [-0.4, -0.2) is 9.85 Å². The third-order valence-corrected chi connectivity index (χ3v) is 3.71. The minimum Gasteiger partial charge on any atom is -0.399 e. The van der Waals surface area contributed by atoms with E-state index in [0.29, 0.717) is 0 Å². The first-order valence-corrected chi connectivity index (χ1v) is 6.46. The molecular formula is C12H10N4O4S. The van der Waals surface area contributed by atoms with Crippen LogP contribution in [0.25, 0.3) is 0 Å². The van der Waals surface area contributed by atoms with Gasteiger partial charge in [0.25, 0.3) is 11.4 Å². The standard InChI is InChI=1S/C12H10N4O4S/c13-7-1-3-11(9(5-7)15(17)18)21-12-4-2-8(14)6-10(12)16(19)20/h1-6H,13-14H2. The topological polar surface area (TPSA) is 138 Å². The second-order valence-electron chi connectivity index (χ2n) is 4.07. The predicted molar refractivity (Wildman–Crippen MR) is 79.1 cm³/mol. The Hall–Kier alpha value is -2.81. The van der Waals surface area contributed by atoms with Gasteiger partial charge in [-0.25, -0.2) is 0 Å². The van der Waals surface area contributed by atoms with Crippen molar-refractivity contribution >= 4 is 34.5 Å². The van der Waals surface area contributed by atoms with Crippen LogP contribution in [0.4, 0.5) is 22.7 Å². The molecular weight excluding hydrogens is 296 g/mol. The number of anilines is 2. The van der Waals surface area contributed by atoms with Crippen molar-refractivity contribution in [2.45, 2.75) is 9.79 Å². The van der Waals surface area contributed by atoms with Crippen LogP contribution in [0.15, 0.2) is 46.2 Å². The molecule has 21 heavy (non-hydrogen) atoms.